The van der Waals surface area contributed by atoms with Crippen LogP contribution in [-0.2, 0) is 13.6 Å². The van der Waals surface area contributed by atoms with Gasteiger partial charge in [0.05, 0.1) is 34.2 Å². The molecule has 0 aliphatic rings. The predicted molar refractivity (Wildman–Crippen MR) is 122 cm³/mol. The van der Waals surface area contributed by atoms with Gasteiger partial charge in [-0.3, -0.25) is 14.2 Å². The van der Waals surface area contributed by atoms with E-state index >= 15 is 0 Å². The van der Waals surface area contributed by atoms with Gasteiger partial charge in [0.25, 0.3) is 5.91 Å². The van der Waals surface area contributed by atoms with Crippen molar-refractivity contribution < 1.29 is 4.79 Å². The lowest BCUT2D eigenvalue weighted by Crippen LogP contribution is -2.29. The zero-order valence-electron chi connectivity index (χ0n) is 18.7. The molecule has 1 atom stereocenters. The van der Waals surface area contributed by atoms with Crippen LogP contribution < -0.4 is 5.32 Å². The summed E-state index contributed by atoms with van der Waals surface area (Å²) in [5.74, 6) is -0.114. The van der Waals surface area contributed by atoms with E-state index in [4.69, 9.17) is 4.98 Å². The average Bonchev–Trinajstić information content (AvgIpc) is 3.33. The van der Waals surface area contributed by atoms with Crippen LogP contribution in [0.5, 0.6) is 0 Å². The highest BCUT2D eigenvalue weighted by Gasteiger charge is 2.23. The third-order valence-electron chi connectivity index (χ3n) is 5.84. The number of hydrogen-bond acceptors (Lipinski definition) is 4. The van der Waals surface area contributed by atoms with Crippen LogP contribution in [0.4, 0.5) is 0 Å². The molecule has 0 spiro atoms. The van der Waals surface area contributed by atoms with Crippen LogP contribution in [0.1, 0.15) is 53.6 Å². The Kier molecular flexibility index (Phi) is 5.59. The predicted octanol–water partition coefficient (Wildman–Crippen LogP) is 4.35. The lowest BCUT2D eigenvalue weighted by molar-refractivity contribution is 0.0937. The molecule has 1 amide bonds. The van der Waals surface area contributed by atoms with Gasteiger partial charge in [0.1, 0.15) is 0 Å². The molecule has 0 radical (unpaired) electrons. The number of nitrogens with zero attached hydrogens (tertiary/aromatic N) is 5. The number of pyridine rings is 1. The van der Waals surface area contributed by atoms with Gasteiger partial charge in [0.2, 0.25) is 0 Å². The number of aromatic nitrogens is 5. The molecule has 3 heterocycles. The van der Waals surface area contributed by atoms with E-state index < -0.39 is 0 Å². The molecule has 7 heteroatoms. The lowest BCUT2D eigenvalue weighted by Gasteiger charge is -2.19. The lowest BCUT2D eigenvalue weighted by atomic mass is 10.0. The highest BCUT2D eigenvalue weighted by molar-refractivity contribution is 6.07. The second-order valence-corrected chi connectivity index (χ2v) is 7.75. The zero-order chi connectivity index (χ0) is 22.1. The van der Waals surface area contributed by atoms with Crippen molar-refractivity contribution in [1.82, 2.24) is 29.9 Å². The summed E-state index contributed by atoms with van der Waals surface area (Å²) in [5.41, 5.74) is 6.14. The second kappa shape index (κ2) is 8.34. The van der Waals surface area contributed by atoms with Gasteiger partial charge in [-0.1, -0.05) is 25.1 Å². The zero-order valence-corrected chi connectivity index (χ0v) is 18.7. The van der Waals surface area contributed by atoms with Crippen molar-refractivity contribution in [2.45, 2.75) is 46.7 Å². The Morgan fingerprint density at radius 3 is 2.58 bits per heavy atom. The number of carbonyl (C=O) groups is 1. The van der Waals surface area contributed by atoms with Crippen LogP contribution in [0.15, 0.2) is 42.6 Å². The molecule has 4 aromatic rings. The molecule has 3 aromatic heterocycles. The first kappa shape index (κ1) is 20.8. The first-order chi connectivity index (χ1) is 14.9. The highest BCUT2D eigenvalue weighted by atomic mass is 16.1. The maximum Gasteiger partial charge on any atom is 0.252 e. The van der Waals surface area contributed by atoms with E-state index in [1.807, 2.05) is 55.1 Å². The van der Waals surface area contributed by atoms with Crippen LogP contribution in [0.25, 0.3) is 22.3 Å². The summed E-state index contributed by atoms with van der Waals surface area (Å²) in [7, 11) is 1.87. The Labute approximate surface area is 182 Å². The van der Waals surface area contributed by atoms with Gasteiger partial charge in [0, 0.05) is 36.4 Å². The third-order valence-corrected chi connectivity index (χ3v) is 5.84. The first-order valence-corrected chi connectivity index (χ1v) is 10.7. The normalized spacial score (nSPS) is 12.3. The Hall–Kier alpha value is -3.48. The van der Waals surface area contributed by atoms with Gasteiger partial charge in [-0.15, -0.1) is 0 Å². The number of rotatable bonds is 6. The van der Waals surface area contributed by atoms with Crippen molar-refractivity contribution in [2.24, 2.45) is 7.05 Å². The van der Waals surface area contributed by atoms with Crippen molar-refractivity contribution in [1.29, 1.82) is 0 Å². The molecular formula is C24H28N6O. The summed E-state index contributed by atoms with van der Waals surface area (Å²) in [5, 5.41) is 13.0. The molecule has 4 rings (SSSR count). The van der Waals surface area contributed by atoms with Gasteiger partial charge in [-0.2, -0.15) is 10.2 Å². The average molecular weight is 417 g/mol. The minimum atomic E-state index is -0.114. The fourth-order valence-electron chi connectivity index (χ4n) is 4.26. The van der Waals surface area contributed by atoms with Crippen molar-refractivity contribution in [3.8, 4) is 11.4 Å². The SMILES string of the molecule is CC[C@@H](NC(=O)c1cc(-c2ccnn2C)nc2ccccc12)c1c(C)nn(CC)c1C. The molecule has 160 valence electrons. The maximum absolute atomic E-state index is 13.5. The molecule has 31 heavy (non-hydrogen) atoms. The first-order valence-electron chi connectivity index (χ1n) is 10.7. The number of para-hydroxylation sites is 1. The smallest absolute Gasteiger partial charge is 0.252 e. The van der Waals surface area contributed by atoms with Gasteiger partial charge < -0.3 is 5.32 Å². The second-order valence-electron chi connectivity index (χ2n) is 7.75. The molecule has 0 unspecified atom stereocenters. The fourth-order valence-corrected chi connectivity index (χ4v) is 4.26. The molecule has 0 bridgehead atoms. The molecule has 0 saturated heterocycles. The minimum absolute atomic E-state index is 0.111. The topological polar surface area (TPSA) is 77.6 Å². The third kappa shape index (κ3) is 3.71. The Morgan fingerprint density at radius 1 is 1.16 bits per heavy atom. The van der Waals surface area contributed by atoms with Crippen LogP contribution in [0.3, 0.4) is 0 Å². The molecule has 0 saturated carbocycles. The Bertz CT molecular complexity index is 1250. The van der Waals surface area contributed by atoms with E-state index in [1.54, 1.807) is 10.9 Å². The summed E-state index contributed by atoms with van der Waals surface area (Å²) in [4.78, 5) is 18.3. The molecule has 0 aliphatic carbocycles. The number of hydrogen-bond donors (Lipinski definition) is 1. The minimum Gasteiger partial charge on any atom is -0.345 e. The number of carbonyl (C=O) groups excluding carboxylic acids is 1. The summed E-state index contributed by atoms with van der Waals surface area (Å²) >= 11 is 0. The van der Waals surface area contributed by atoms with Crippen LogP contribution in [-0.4, -0.2) is 30.5 Å². The monoisotopic (exact) mass is 416 g/mol. The molecular weight excluding hydrogens is 388 g/mol. The standard InChI is InChI=1S/C24H28N6O/c1-6-19(23-15(3)28-30(7-2)16(23)4)27-24(31)18-14-21(22-12-13-25-29(22)5)26-20-11-9-8-10-17(18)20/h8-14,19H,6-7H2,1-5H3,(H,27,31)/t19-/m1/s1. The molecule has 1 aromatic carbocycles. The van der Waals surface area contributed by atoms with E-state index in [1.165, 1.54) is 0 Å². The van der Waals surface area contributed by atoms with Gasteiger partial charge in [-0.05, 0) is 45.4 Å². The molecule has 0 aliphatic heterocycles. The molecule has 7 nitrogen and oxygen atoms in total. The van der Waals surface area contributed by atoms with Crippen molar-refractivity contribution >= 4 is 16.8 Å². The largest absolute Gasteiger partial charge is 0.345 e. The number of nitrogens with one attached hydrogen (secondary N) is 1. The van der Waals surface area contributed by atoms with Gasteiger partial charge in [0.15, 0.2) is 0 Å². The van der Waals surface area contributed by atoms with Gasteiger partial charge in [-0.25, -0.2) is 4.98 Å². The Morgan fingerprint density at radius 2 is 1.94 bits per heavy atom. The quantitative estimate of drug-likeness (QED) is 0.507. The summed E-state index contributed by atoms with van der Waals surface area (Å²) in [6.45, 7) is 9.03. The van der Waals surface area contributed by atoms with Crippen molar-refractivity contribution in [3.05, 3.63) is 65.1 Å². The van der Waals surface area contributed by atoms with Crippen molar-refractivity contribution in [2.75, 3.05) is 0 Å². The van der Waals surface area contributed by atoms with Crippen LogP contribution in [0.2, 0.25) is 0 Å². The van der Waals surface area contributed by atoms with E-state index in [9.17, 15) is 4.79 Å². The number of aryl methyl sites for hydroxylation is 3. The molecule has 1 N–H and O–H groups in total. The van der Waals surface area contributed by atoms with E-state index in [-0.39, 0.29) is 11.9 Å². The van der Waals surface area contributed by atoms with Crippen LogP contribution in [0, 0.1) is 13.8 Å². The Balaban J connectivity index is 1.77. The number of fused-ring (bicyclic) bond motifs is 1. The summed E-state index contributed by atoms with van der Waals surface area (Å²) in [6.07, 6.45) is 2.51. The van der Waals surface area contributed by atoms with E-state index in [2.05, 4.69) is 36.3 Å². The molecule has 0 fully saturated rings. The summed E-state index contributed by atoms with van der Waals surface area (Å²) in [6, 6.07) is 11.4. The van der Waals surface area contributed by atoms with E-state index in [0.717, 1.165) is 52.2 Å². The fraction of sp³-hybridized carbons (Fsp3) is 0.333. The summed E-state index contributed by atoms with van der Waals surface area (Å²) < 4.78 is 3.75. The van der Waals surface area contributed by atoms with Crippen molar-refractivity contribution in [3.63, 3.8) is 0 Å². The van der Waals surface area contributed by atoms with E-state index in [0.29, 0.717) is 5.56 Å². The number of benzene rings is 1. The maximum atomic E-state index is 13.5. The number of amides is 1. The van der Waals surface area contributed by atoms with Gasteiger partial charge >= 0.3 is 0 Å². The highest BCUT2D eigenvalue weighted by Crippen LogP contribution is 2.28. The van der Waals surface area contributed by atoms with Crippen LogP contribution >= 0.6 is 0 Å².